The number of halogens is 1. The summed E-state index contributed by atoms with van der Waals surface area (Å²) in [5, 5.41) is 10.6. The third-order valence-electron chi connectivity index (χ3n) is 7.16. The maximum atomic E-state index is 10.6. The molecule has 1 aliphatic heterocycles. The van der Waals surface area contributed by atoms with E-state index in [9.17, 15) is 10.1 Å². The Morgan fingerprint density at radius 3 is 2.50 bits per heavy atom. The SMILES string of the molecule is CCCC1=C(N2[CH-][C@](C)(c3ccccc3)CC2(C)C)CCC=C1.CCCOc1ccc([N+](=O)[O-])cc1[CH]=[Ru][Cl].[CH3-]. The first-order valence-corrected chi connectivity index (χ1v) is 17.0. The van der Waals surface area contributed by atoms with Crippen molar-refractivity contribution in [2.24, 2.45) is 0 Å². The summed E-state index contributed by atoms with van der Waals surface area (Å²) in [6, 6.07) is 15.5. The molecule has 0 bridgehead atoms. The standard InChI is InChI=1S/C22H30N.C10H11NO3.CH3.ClH.Ru/c1-5-11-18-12-9-10-15-20(18)23-17-22(4,16-21(23,2)3)19-13-7-6-8-14-19;1-3-6-14-10-5-4-9(11(12)13)7-8(10)2;;;/h6-9,12-14,17H,5,10-11,15-16H2,1-4H3;2,4-5,7H,3,6H2,1H3;1H3;1H;/q-1;;-1;;+1/p-1/t22-;;;;/m1..../s1. The molecular weight excluding hydrogens is 609 g/mol. The second-order valence-corrected chi connectivity index (χ2v) is 12.7. The van der Waals surface area contributed by atoms with Crippen molar-refractivity contribution in [1.82, 2.24) is 4.90 Å². The molecular formula is C33H44ClN2O3Ru-2. The van der Waals surface area contributed by atoms with Crippen LogP contribution in [0.4, 0.5) is 5.69 Å². The molecule has 2 aromatic carbocycles. The van der Waals surface area contributed by atoms with E-state index >= 15 is 0 Å². The first-order valence-electron chi connectivity index (χ1n) is 13.7. The Labute approximate surface area is 253 Å². The van der Waals surface area contributed by atoms with Crippen molar-refractivity contribution in [3.8, 4) is 5.75 Å². The smallest absolute Gasteiger partial charge is 0.358 e. The van der Waals surface area contributed by atoms with E-state index in [1.54, 1.807) is 21.9 Å². The van der Waals surface area contributed by atoms with Gasteiger partial charge in [0.05, 0.1) is 0 Å². The van der Waals surface area contributed by atoms with Crippen molar-refractivity contribution >= 4 is 20.0 Å². The summed E-state index contributed by atoms with van der Waals surface area (Å²) in [6.45, 7) is 14.6. The molecule has 7 heteroatoms. The molecule has 0 N–H and O–H groups in total. The number of nitrogens with zero attached hydrogens (tertiary/aromatic N) is 2. The fraction of sp³-hybridized carbons (Fsp3) is 0.424. The maximum Gasteiger partial charge on any atom is -0.358 e. The van der Waals surface area contributed by atoms with Crippen LogP contribution >= 0.6 is 9.69 Å². The zero-order chi connectivity index (χ0) is 28.5. The van der Waals surface area contributed by atoms with Crippen LogP contribution in [0, 0.1) is 24.1 Å². The molecule has 0 radical (unpaired) electrons. The number of allylic oxidation sites excluding steroid dienone is 4. The minimum Gasteiger partial charge on any atom is -0.358 e. The molecule has 221 valence electrons. The van der Waals surface area contributed by atoms with Gasteiger partial charge in [-0.3, -0.25) is 0 Å². The molecule has 40 heavy (non-hydrogen) atoms. The Kier molecular flexibility index (Phi) is 13.3. The number of likely N-dealkylation sites (tertiary alicyclic amines) is 1. The summed E-state index contributed by atoms with van der Waals surface area (Å²) in [5.41, 5.74) is 5.58. The molecule has 2 aliphatic rings. The minimum absolute atomic E-state index is 0. The van der Waals surface area contributed by atoms with E-state index in [0.29, 0.717) is 17.9 Å². The van der Waals surface area contributed by atoms with Crippen molar-refractivity contribution in [2.45, 2.75) is 84.1 Å². The van der Waals surface area contributed by atoms with Crippen LogP contribution in [0.1, 0.15) is 84.3 Å². The molecule has 0 unspecified atom stereocenters. The first kappa shape index (κ1) is 33.9. The summed E-state index contributed by atoms with van der Waals surface area (Å²) in [6.07, 6.45) is 11.5. The summed E-state index contributed by atoms with van der Waals surface area (Å²) < 4.78 is 7.26. The summed E-state index contributed by atoms with van der Waals surface area (Å²) in [4.78, 5) is 12.8. The van der Waals surface area contributed by atoms with Crippen LogP contribution in [0.5, 0.6) is 5.75 Å². The molecule has 0 spiro atoms. The molecule has 4 rings (SSSR count). The topological polar surface area (TPSA) is 55.6 Å². The van der Waals surface area contributed by atoms with Gasteiger partial charge in [-0.1, -0.05) is 68.3 Å². The van der Waals surface area contributed by atoms with Gasteiger partial charge in [0, 0.05) is 5.54 Å². The number of non-ortho nitro benzene ring substituents is 1. The Balaban J connectivity index is 0.000000292. The number of benzene rings is 2. The quantitative estimate of drug-likeness (QED) is 0.117. The molecule has 0 saturated carbocycles. The van der Waals surface area contributed by atoms with Crippen LogP contribution in [0.25, 0.3) is 0 Å². The van der Waals surface area contributed by atoms with Crippen LogP contribution < -0.4 is 4.74 Å². The van der Waals surface area contributed by atoms with Crippen LogP contribution in [-0.4, -0.2) is 26.6 Å². The van der Waals surface area contributed by atoms with Gasteiger partial charge in [-0.2, -0.15) is 0 Å². The number of ether oxygens (including phenoxy) is 1. The van der Waals surface area contributed by atoms with Crippen LogP contribution in [0.15, 0.2) is 72.0 Å². The Bertz CT molecular complexity index is 1210. The molecule has 0 aromatic heterocycles. The molecule has 1 heterocycles. The van der Waals surface area contributed by atoms with Gasteiger partial charge >= 0.3 is 105 Å². The van der Waals surface area contributed by atoms with Gasteiger partial charge in [-0.25, -0.2) is 6.54 Å². The molecule has 0 amide bonds. The van der Waals surface area contributed by atoms with E-state index < -0.39 is 20.6 Å². The van der Waals surface area contributed by atoms with Crippen LogP contribution in [-0.2, 0) is 21.1 Å². The predicted octanol–water partition coefficient (Wildman–Crippen LogP) is 9.22. The maximum absolute atomic E-state index is 10.6. The fourth-order valence-corrected chi connectivity index (χ4v) is 6.60. The van der Waals surface area contributed by atoms with E-state index in [-0.39, 0.29) is 24.1 Å². The number of nitro benzene ring substituents is 1. The second kappa shape index (κ2) is 15.6. The Morgan fingerprint density at radius 1 is 1.15 bits per heavy atom. The minimum atomic E-state index is -0.431. The third kappa shape index (κ3) is 8.60. The normalized spacial score (nSPS) is 19.9. The Hall–Kier alpha value is -2.30. The van der Waals surface area contributed by atoms with E-state index in [1.807, 2.05) is 6.92 Å². The second-order valence-electron chi connectivity index (χ2n) is 10.9. The zero-order valence-corrected chi connectivity index (χ0v) is 27.2. The fourth-order valence-electron chi connectivity index (χ4n) is 5.52. The summed E-state index contributed by atoms with van der Waals surface area (Å²) in [5.74, 6) is 0.655. The van der Waals surface area contributed by atoms with Gasteiger partial charge in [-0.15, -0.1) is 5.41 Å². The van der Waals surface area contributed by atoms with Crippen molar-refractivity contribution in [3.05, 3.63) is 107 Å². The van der Waals surface area contributed by atoms with Crippen molar-refractivity contribution in [2.75, 3.05) is 6.61 Å². The molecule has 1 atom stereocenters. The molecule has 1 aliphatic carbocycles. The number of hydrogen-bond donors (Lipinski definition) is 0. The molecule has 2 aromatic rings. The van der Waals surface area contributed by atoms with Gasteiger partial charge in [-0.05, 0) is 50.8 Å². The van der Waals surface area contributed by atoms with Crippen LogP contribution in [0.3, 0.4) is 0 Å². The average molecular weight is 653 g/mol. The van der Waals surface area contributed by atoms with Gasteiger partial charge in [0.25, 0.3) is 0 Å². The average Bonchev–Trinajstić information content (AvgIpc) is 3.18. The predicted molar refractivity (Wildman–Crippen MR) is 165 cm³/mol. The first-order chi connectivity index (χ1) is 18.6. The van der Waals surface area contributed by atoms with E-state index in [0.717, 1.165) is 12.8 Å². The summed E-state index contributed by atoms with van der Waals surface area (Å²) in [7, 11) is 5.68. The van der Waals surface area contributed by atoms with Crippen LogP contribution in [0.2, 0.25) is 0 Å². The van der Waals surface area contributed by atoms with E-state index in [4.69, 9.17) is 14.4 Å². The summed E-state index contributed by atoms with van der Waals surface area (Å²) >= 11 is -0.431. The van der Waals surface area contributed by atoms with Crippen molar-refractivity contribution in [3.63, 3.8) is 0 Å². The van der Waals surface area contributed by atoms with Gasteiger partial charge in [0.1, 0.15) is 0 Å². The third-order valence-corrected chi connectivity index (χ3v) is 8.35. The molecule has 1 saturated heterocycles. The zero-order valence-electron chi connectivity index (χ0n) is 24.7. The number of nitro groups is 1. The number of hydrogen-bond acceptors (Lipinski definition) is 4. The van der Waals surface area contributed by atoms with Gasteiger partial charge in [0.15, 0.2) is 0 Å². The van der Waals surface area contributed by atoms with Crippen molar-refractivity contribution < 1.29 is 25.3 Å². The van der Waals surface area contributed by atoms with Gasteiger partial charge in [0.2, 0.25) is 0 Å². The number of rotatable bonds is 9. The van der Waals surface area contributed by atoms with E-state index in [2.05, 4.69) is 81.6 Å². The molecule has 1 fully saturated rings. The Morgan fingerprint density at radius 2 is 1.88 bits per heavy atom. The molecule has 5 nitrogen and oxygen atoms in total. The monoisotopic (exact) mass is 653 g/mol. The van der Waals surface area contributed by atoms with E-state index in [1.165, 1.54) is 43.4 Å². The van der Waals surface area contributed by atoms with Crippen molar-refractivity contribution in [1.29, 1.82) is 0 Å². The van der Waals surface area contributed by atoms with Gasteiger partial charge < -0.3 is 12.3 Å². The largest absolute Gasteiger partial charge is 0.358 e.